The Kier molecular flexibility index (Phi) is 6.21. The third-order valence-corrected chi connectivity index (χ3v) is 2.49. The predicted octanol–water partition coefficient (Wildman–Crippen LogP) is 1.81. The minimum atomic E-state index is -0.617. The van der Waals surface area contributed by atoms with Gasteiger partial charge in [-0.3, -0.25) is 0 Å². The molecule has 0 aliphatic heterocycles. The van der Waals surface area contributed by atoms with Gasteiger partial charge in [0.25, 0.3) is 0 Å². The molecule has 1 rings (SSSR count). The highest BCUT2D eigenvalue weighted by atomic mass is 16.5. The van der Waals surface area contributed by atoms with Crippen molar-refractivity contribution >= 4 is 5.97 Å². The van der Waals surface area contributed by atoms with E-state index in [0.29, 0.717) is 12.3 Å². The van der Waals surface area contributed by atoms with E-state index in [1.165, 1.54) is 7.11 Å². The molecule has 0 fully saturated rings. The number of nitrogens with one attached hydrogen (secondary N) is 1. The van der Waals surface area contributed by atoms with Gasteiger partial charge in [0.1, 0.15) is 11.8 Å². The van der Waals surface area contributed by atoms with E-state index in [4.69, 9.17) is 15.0 Å². The van der Waals surface area contributed by atoms with Crippen molar-refractivity contribution in [3.63, 3.8) is 0 Å². The Hall–Kier alpha value is -2.24. The number of carbonyl (C=O) groups excluding carboxylic acids is 1. The van der Waals surface area contributed by atoms with Crippen LogP contribution in [0.25, 0.3) is 10.4 Å². The molecule has 19 heavy (non-hydrogen) atoms. The maximum Gasteiger partial charge on any atom is 0.327 e. The van der Waals surface area contributed by atoms with Crippen molar-refractivity contribution in [1.29, 1.82) is 0 Å². The fraction of sp³-hybridized carbons (Fsp3) is 0.417. The third-order valence-electron chi connectivity index (χ3n) is 2.49. The zero-order valence-electron chi connectivity index (χ0n) is 10.9. The fourth-order valence-corrected chi connectivity index (χ4v) is 1.58. The lowest BCUT2D eigenvalue weighted by Crippen LogP contribution is -2.31. The predicted molar refractivity (Wildman–Crippen MR) is 69.8 cm³/mol. The van der Waals surface area contributed by atoms with Gasteiger partial charge in [-0.05, 0) is 23.2 Å². The van der Waals surface area contributed by atoms with Gasteiger partial charge in [0, 0.05) is 18.0 Å². The summed E-state index contributed by atoms with van der Waals surface area (Å²) in [4.78, 5) is 14.4. The molecule has 102 valence electrons. The van der Waals surface area contributed by atoms with Crippen LogP contribution in [-0.2, 0) is 9.53 Å². The molecule has 1 atom stereocenters. The molecular formula is C12H16N4O3. The summed E-state index contributed by atoms with van der Waals surface area (Å²) in [7, 11) is 2.88. The van der Waals surface area contributed by atoms with Gasteiger partial charge in [0.15, 0.2) is 0 Å². The first-order chi connectivity index (χ1) is 9.22. The minimum Gasteiger partial charge on any atom is -0.497 e. The van der Waals surface area contributed by atoms with E-state index in [2.05, 4.69) is 15.3 Å². The second kappa shape index (κ2) is 7.97. The monoisotopic (exact) mass is 264 g/mol. The molecule has 1 unspecified atom stereocenters. The SMILES string of the molecule is COC(=O)C(NCCN=[N+]=[N-])c1cccc(OC)c1. The van der Waals surface area contributed by atoms with Gasteiger partial charge < -0.3 is 14.8 Å². The van der Waals surface area contributed by atoms with Crippen molar-refractivity contribution in [3.8, 4) is 5.75 Å². The largest absolute Gasteiger partial charge is 0.497 e. The summed E-state index contributed by atoms with van der Waals surface area (Å²) >= 11 is 0. The maximum atomic E-state index is 11.7. The number of hydrogen-bond donors (Lipinski definition) is 1. The van der Waals surface area contributed by atoms with E-state index in [1.54, 1.807) is 31.4 Å². The molecular weight excluding hydrogens is 248 g/mol. The van der Waals surface area contributed by atoms with E-state index in [9.17, 15) is 4.79 Å². The highest BCUT2D eigenvalue weighted by Crippen LogP contribution is 2.20. The average Bonchev–Trinajstić information content (AvgIpc) is 2.46. The zero-order valence-corrected chi connectivity index (χ0v) is 10.9. The number of carbonyl (C=O) groups is 1. The molecule has 0 aromatic heterocycles. The van der Waals surface area contributed by atoms with Crippen molar-refractivity contribution in [2.75, 3.05) is 27.3 Å². The van der Waals surface area contributed by atoms with E-state index < -0.39 is 12.0 Å². The summed E-state index contributed by atoms with van der Waals surface area (Å²) in [6, 6.07) is 6.51. The van der Waals surface area contributed by atoms with E-state index in [0.717, 1.165) is 5.56 Å². The van der Waals surface area contributed by atoms with Gasteiger partial charge in [0.05, 0.1) is 14.2 Å². The van der Waals surface area contributed by atoms with Gasteiger partial charge in [0.2, 0.25) is 0 Å². The maximum absolute atomic E-state index is 11.7. The van der Waals surface area contributed by atoms with Crippen LogP contribution in [0.15, 0.2) is 29.4 Å². The minimum absolute atomic E-state index is 0.258. The zero-order chi connectivity index (χ0) is 14.1. The Morgan fingerprint density at radius 3 is 2.95 bits per heavy atom. The highest BCUT2D eigenvalue weighted by Gasteiger charge is 2.20. The van der Waals surface area contributed by atoms with E-state index in [-0.39, 0.29) is 6.54 Å². The number of ether oxygens (including phenoxy) is 2. The Morgan fingerprint density at radius 2 is 2.32 bits per heavy atom. The van der Waals surface area contributed by atoms with Crippen LogP contribution >= 0.6 is 0 Å². The van der Waals surface area contributed by atoms with E-state index in [1.807, 2.05) is 0 Å². The molecule has 0 heterocycles. The first-order valence-corrected chi connectivity index (χ1v) is 5.69. The van der Waals surface area contributed by atoms with Crippen molar-refractivity contribution in [3.05, 3.63) is 40.3 Å². The lowest BCUT2D eigenvalue weighted by Gasteiger charge is -2.16. The van der Waals surface area contributed by atoms with Crippen LogP contribution in [0.1, 0.15) is 11.6 Å². The molecule has 0 aliphatic rings. The molecule has 0 saturated carbocycles. The molecule has 7 heteroatoms. The number of rotatable bonds is 7. The summed E-state index contributed by atoms with van der Waals surface area (Å²) in [6.07, 6.45) is 0. The number of esters is 1. The third kappa shape index (κ3) is 4.50. The molecule has 1 aromatic carbocycles. The summed E-state index contributed by atoms with van der Waals surface area (Å²) in [5.74, 6) is 0.248. The molecule has 7 nitrogen and oxygen atoms in total. The van der Waals surface area contributed by atoms with Crippen molar-refractivity contribution in [2.24, 2.45) is 5.11 Å². The van der Waals surface area contributed by atoms with Crippen LogP contribution in [0.2, 0.25) is 0 Å². The summed E-state index contributed by atoms with van der Waals surface area (Å²) < 4.78 is 9.87. The van der Waals surface area contributed by atoms with Gasteiger partial charge in [-0.1, -0.05) is 17.2 Å². The quantitative estimate of drug-likeness (QED) is 0.267. The van der Waals surface area contributed by atoms with Crippen molar-refractivity contribution < 1.29 is 14.3 Å². The number of azide groups is 1. The second-order valence-corrected chi connectivity index (χ2v) is 3.64. The lowest BCUT2D eigenvalue weighted by atomic mass is 10.1. The van der Waals surface area contributed by atoms with Gasteiger partial charge >= 0.3 is 5.97 Å². The molecule has 0 spiro atoms. The first-order valence-electron chi connectivity index (χ1n) is 5.69. The first kappa shape index (κ1) is 14.8. The molecule has 1 N–H and O–H groups in total. The van der Waals surface area contributed by atoms with Crippen LogP contribution in [0.3, 0.4) is 0 Å². The number of hydrogen-bond acceptors (Lipinski definition) is 5. The van der Waals surface area contributed by atoms with Gasteiger partial charge in [-0.2, -0.15) is 0 Å². The van der Waals surface area contributed by atoms with Gasteiger partial charge in [-0.25, -0.2) is 4.79 Å². The Morgan fingerprint density at radius 1 is 1.53 bits per heavy atom. The van der Waals surface area contributed by atoms with E-state index >= 15 is 0 Å². The Bertz CT molecular complexity index is 472. The molecule has 0 amide bonds. The van der Waals surface area contributed by atoms with Gasteiger partial charge in [-0.15, -0.1) is 0 Å². The topological polar surface area (TPSA) is 96.3 Å². The lowest BCUT2D eigenvalue weighted by molar-refractivity contribution is -0.143. The summed E-state index contributed by atoms with van der Waals surface area (Å²) in [6.45, 7) is 0.634. The van der Waals surface area contributed by atoms with Crippen molar-refractivity contribution in [1.82, 2.24) is 5.32 Å². The normalized spacial score (nSPS) is 11.3. The van der Waals surface area contributed by atoms with Crippen LogP contribution in [0.5, 0.6) is 5.75 Å². The molecule has 0 radical (unpaired) electrons. The molecule has 0 bridgehead atoms. The molecule has 0 aliphatic carbocycles. The van der Waals surface area contributed by atoms with Crippen molar-refractivity contribution in [2.45, 2.75) is 6.04 Å². The molecule has 0 saturated heterocycles. The summed E-state index contributed by atoms with van der Waals surface area (Å²) in [5, 5.41) is 6.38. The highest BCUT2D eigenvalue weighted by molar-refractivity contribution is 5.77. The Balaban J connectivity index is 2.82. The average molecular weight is 264 g/mol. The Labute approximate surface area is 111 Å². The number of nitrogens with zero attached hydrogens (tertiary/aromatic N) is 3. The number of methoxy groups -OCH3 is 2. The summed E-state index contributed by atoms with van der Waals surface area (Å²) in [5.41, 5.74) is 8.92. The standard InChI is InChI=1S/C12H16N4O3/c1-18-10-5-3-4-9(8-10)11(12(17)19-2)14-6-7-15-16-13/h3-5,8,11,14H,6-7H2,1-2H3. The number of benzene rings is 1. The second-order valence-electron chi connectivity index (χ2n) is 3.64. The van der Waals surface area contributed by atoms with Crippen LogP contribution < -0.4 is 10.1 Å². The molecule has 1 aromatic rings. The van der Waals surface area contributed by atoms with Crippen LogP contribution in [-0.4, -0.2) is 33.3 Å². The van der Waals surface area contributed by atoms with Crippen LogP contribution in [0.4, 0.5) is 0 Å². The fourth-order valence-electron chi connectivity index (χ4n) is 1.58. The smallest absolute Gasteiger partial charge is 0.327 e. The van der Waals surface area contributed by atoms with Crippen LogP contribution in [0, 0.1) is 0 Å².